The Morgan fingerprint density at radius 1 is 0.465 bits per heavy atom. The summed E-state index contributed by atoms with van der Waals surface area (Å²) in [5.41, 5.74) is 20.3. The second kappa shape index (κ2) is 13.9. The topological polar surface area (TPSA) is 28.3 Å². The van der Waals surface area contributed by atoms with E-state index in [-0.39, 0.29) is 12.1 Å². The summed E-state index contributed by atoms with van der Waals surface area (Å²) >= 11 is 1.97. The summed E-state index contributed by atoms with van der Waals surface area (Å²) in [5.74, 6) is 3.34. The fourth-order valence-corrected chi connectivity index (χ4v) is 14.7. The van der Waals surface area contributed by atoms with Crippen LogP contribution in [-0.4, -0.2) is 15.8 Å². The van der Waals surface area contributed by atoms with Gasteiger partial charge in [0.1, 0.15) is 23.0 Å². The lowest BCUT2D eigenvalue weighted by molar-refractivity contribution is 0.464. The van der Waals surface area contributed by atoms with Crippen LogP contribution in [0.2, 0.25) is 0 Å². The summed E-state index contributed by atoms with van der Waals surface area (Å²) in [7, 11) is 0. The predicted molar refractivity (Wildman–Crippen MR) is 298 cm³/mol. The minimum Gasteiger partial charge on any atom is -0.458 e. The number of thiophene rings is 1. The molecule has 4 nitrogen and oxygen atoms in total. The Morgan fingerprint density at radius 3 is 1.93 bits per heavy atom. The maximum Gasteiger partial charge on any atom is 0.260 e. The fraction of sp³-hybridized carbons (Fsp3) is 0.0769. The van der Waals surface area contributed by atoms with E-state index >= 15 is 0 Å². The van der Waals surface area contributed by atoms with Crippen molar-refractivity contribution in [1.29, 1.82) is 0 Å². The standard InChI is InChI=1S/C65H43BN2O2S/c1-36-22-29-54-47(30-36)43-17-9-12-20-52(43)67(54)41-34-57-61-58(35-41)70-56-33-40(24-28-51(56)66(61)50-27-23-39(32-55(50)69-57)38-14-6-5-7-15-38)68-53-21-13-10-18-44(53)48-31-37(2)59-46-26-25-45-42-16-8-11-19-49(42)65(3,4)60(45)63(46)71-64(59)62(48)68/h5-35H,1-4H3. The Kier molecular flexibility index (Phi) is 7.76. The van der Waals surface area contributed by atoms with Gasteiger partial charge in [0.05, 0.1) is 32.5 Å². The van der Waals surface area contributed by atoms with Gasteiger partial charge in [-0.05, 0) is 106 Å². The third kappa shape index (κ3) is 5.24. The van der Waals surface area contributed by atoms with Gasteiger partial charge in [-0.25, -0.2) is 0 Å². The molecule has 0 fully saturated rings. The van der Waals surface area contributed by atoms with Gasteiger partial charge in [-0.2, -0.15) is 0 Å². The first-order valence-electron chi connectivity index (χ1n) is 24.7. The zero-order valence-electron chi connectivity index (χ0n) is 39.6. The number of benzene rings is 10. The quantitative estimate of drug-likeness (QED) is 0.165. The lowest BCUT2D eigenvalue weighted by atomic mass is 9.35. The van der Waals surface area contributed by atoms with E-state index in [0.29, 0.717) is 0 Å². The zero-order valence-corrected chi connectivity index (χ0v) is 40.4. The normalized spacial score (nSPS) is 13.9. The molecular weight excluding hydrogens is 884 g/mol. The molecule has 10 aromatic carbocycles. The van der Waals surface area contributed by atoms with Crippen molar-refractivity contribution in [1.82, 2.24) is 9.13 Å². The number of para-hydroxylation sites is 2. The number of aryl methyl sites for hydroxylation is 2. The Morgan fingerprint density at radius 2 is 1.13 bits per heavy atom. The molecule has 0 radical (unpaired) electrons. The first-order chi connectivity index (χ1) is 34.8. The molecule has 0 bridgehead atoms. The van der Waals surface area contributed by atoms with Crippen molar-refractivity contribution in [3.05, 3.63) is 210 Å². The third-order valence-corrected chi connectivity index (χ3v) is 17.4. The first kappa shape index (κ1) is 39.5. The van der Waals surface area contributed by atoms with E-state index in [9.17, 15) is 0 Å². The molecule has 16 rings (SSSR count). The summed E-state index contributed by atoms with van der Waals surface area (Å²) in [6.45, 7) is 9.17. The Labute approximate surface area is 414 Å². The number of nitrogens with zero attached hydrogens (tertiary/aromatic N) is 2. The van der Waals surface area contributed by atoms with Crippen LogP contribution in [0.25, 0.3) is 97.4 Å². The number of rotatable bonds is 3. The van der Waals surface area contributed by atoms with Crippen LogP contribution in [0.4, 0.5) is 0 Å². The summed E-state index contributed by atoms with van der Waals surface area (Å²) in [5, 5.41) is 7.64. The molecular formula is C65H43BN2O2S. The molecule has 3 aliphatic rings. The fourth-order valence-electron chi connectivity index (χ4n) is 13.1. The zero-order chi connectivity index (χ0) is 47.0. The van der Waals surface area contributed by atoms with Crippen LogP contribution in [0, 0.1) is 13.8 Å². The number of fused-ring (bicyclic) bond motifs is 18. The van der Waals surface area contributed by atoms with Crippen molar-refractivity contribution in [3.63, 3.8) is 0 Å². The van der Waals surface area contributed by atoms with Crippen molar-refractivity contribution in [2.24, 2.45) is 0 Å². The van der Waals surface area contributed by atoms with Crippen molar-refractivity contribution >= 4 is 98.2 Å². The molecule has 2 aliphatic heterocycles. The van der Waals surface area contributed by atoms with Crippen molar-refractivity contribution in [2.75, 3.05) is 0 Å². The van der Waals surface area contributed by atoms with Crippen LogP contribution in [0.5, 0.6) is 23.0 Å². The van der Waals surface area contributed by atoms with E-state index < -0.39 is 0 Å². The average Bonchev–Trinajstić information content (AvgIpc) is 4.11. The smallest absolute Gasteiger partial charge is 0.260 e. The van der Waals surface area contributed by atoms with E-state index in [4.69, 9.17) is 9.47 Å². The summed E-state index contributed by atoms with van der Waals surface area (Å²) in [4.78, 5) is 0. The van der Waals surface area contributed by atoms with Crippen molar-refractivity contribution in [3.8, 4) is 56.6 Å². The van der Waals surface area contributed by atoms with Gasteiger partial charge < -0.3 is 18.6 Å². The second-order valence-electron chi connectivity index (χ2n) is 20.5. The van der Waals surface area contributed by atoms with Crippen LogP contribution in [-0.2, 0) is 5.41 Å². The molecule has 71 heavy (non-hydrogen) atoms. The summed E-state index contributed by atoms with van der Waals surface area (Å²) in [6, 6.07) is 69.3. The summed E-state index contributed by atoms with van der Waals surface area (Å²) < 4.78 is 22.0. The van der Waals surface area contributed by atoms with Crippen LogP contribution in [0.3, 0.4) is 0 Å². The van der Waals surface area contributed by atoms with Crippen molar-refractivity contribution < 1.29 is 9.47 Å². The molecule has 5 heterocycles. The van der Waals surface area contributed by atoms with Gasteiger partial charge in [0.15, 0.2) is 0 Å². The van der Waals surface area contributed by atoms with E-state index in [0.717, 1.165) is 72.9 Å². The number of hydrogen-bond donors (Lipinski definition) is 0. The van der Waals surface area contributed by atoms with Gasteiger partial charge in [0.2, 0.25) is 0 Å². The molecule has 0 saturated heterocycles. The highest BCUT2D eigenvalue weighted by atomic mass is 32.1. The van der Waals surface area contributed by atoms with Gasteiger partial charge in [-0.15, -0.1) is 11.3 Å². The molecule has 0 spiro atoms. The molecule has 0 saturated carbocycles. The van der Waals surface area contributed by atoms with Gasteiger partial charge in [-0.1, -0.05) is 147 Å². The SMILES string of the molecule is Cc1ccc2c(c1)c1ccccc1n2-c1cc2c3c(c1)Oc1cc(-n4c5ccccc5c5cc(C)c6c7ccc8c(c7sc6c54)C(C)(C)c4ccccc4-8)ccc1B3c1ccc(-c3ccccc3)cc1O2. The number of aromatic nitrogens is 2. The monoisotopic (exact) mass is 926 g/mol. The highest BCUT2D eigenvalue weighted by molar-refractivity contribution is 7.27. The third-order valence-electron chi connectivity index (χ3n) is 16.2. The maximum atomic E-state index is 7.33. The highest BCUT2D eigenvalue weighted by Crippen LogP contribution is 2.55. The Hall–Kier alpha value is -8.32. The van der Waals surface area contributed by atoms with Crippen LogP contribution >= 0.6 is 11.3 Å². The van der Waals surface area contributed by atoms with E-state index in [2.05, 4.69) is 225 Å². The summed E-state index contributed by atoms with van der Waals surface area (Å²) in [6.07, 6.45) is 0. The number of hydrogen-bond acceptors (Lipinski definition) is 3. The van der Waals surface area contributed by atoms with Crippen LogP contribution < -0.4 is 25.9 Å². The molecule has 0 atom stereocenters. The molecule has 334 valence electrons. The molecule has 0 N–H and O–H groups in total. The van der Waals surface area contributed by atoms with Gasteiger partial charge in [0.25, 0.3) is 6.71 Å². The minimum absolute atomic E-state index is 0.106. The Balaban J connectivity index is 0.937. The van der Waals surface area contributed by atoms with Gasteiger partial charge >= 0.3 is 0 Å². The maximum absolute atomic E-state index is 7.33. The molecule has 1 aliphatic carbocycles. The van der Waals surface area contributed by atoms with Crippen LogP contribution in [0.1, 0.15) is 36.1 Å². The average molecular weight is 927 g/mol. The van der Waals surface area contributed by atoms with Gasteiger partial charge in [-0.3, -0.25) is 0 Å². The molecule has 6 heteroatoms. The minimum atomic E-state index is -0.121. The van der Waals surface area contributed by atoms with Gasteiger partial charge in [0, 0.05) is 71.8 Å². The second-order valence-corrected chi connectivity index (χ2v) is 21.5. The predicted octanol–water partition coefficient (Wildman–Crippen LogP) is 15.6. The highest BCUT2D eigenvalue weighted by Gasteiger charge is 2.42. The molecule has 0 amide bonds. The Bertz CT molecular complexity index is 4530. The van der Waals surface area contributed by atoms with E-state index in [1.165, 1.54) is 86.1 Å². The van der Waals surface area contributed by atoms with E-state index in [1.54, 1.807) is 0 Å². The van der Waals surface area contributed by atoms with Crippen molar-refractivity contribution in [2.45, 2.75) is 33.1 Å². The largest absolute Gasteiger partial charge is 0.458 e. The molecule has 13 aromatic rings. The lowest BCUT2D eigenvalue weighted by Crippen LogP contribution is -2.57. The van der Waals surface area contributed by atoms with Crippen LogP contribution in [0.15, 0.2) is 188 Å². The number of ether oxygens (including phenoxy) is 2. The molecule has 3 aromatic heterocycles. The van der Waals surface area contributed by atoms with E-state index in [1.807, 2.05) is 11.3 Å². The molecule has 0 unspecified atom stereocenters. The lowest BCUT2D eigenvalue weighted by Gasteiger charge is -2.34. The first-order valence-corrected chi connectivity index (χ1v) is 25.5.